The minimum atomic E-state index is -0.167. The van der Waals surface area contributed by atoms with Crippen LogP contribution in [0.3, 0.4) is 0 Å². The zero-order chi connectivity index (χ0) is 19.8. The molecule has 0 radical (unpaired) electrons. The van der Waals surface area contributed by atoms with Crippen LogP contribution in [0.15, 0.2) is 36.7 Å². The molecule has 0 bridgehead atoms. The van der Waals surface area contributed by atoms with E-state index in [1.807, 2.05) is 12.4 Å². The van der Waals surface area contributed by atoms with Crippen LogP contribution in [-0.2, 0) is 11.2 Å². The standard InChI is InChI=1S/C24H33N3O/c1-2-3-4-5-6-7-18-8-10-19(11-9-18)22-16-26-24(27-17-22)21-14-12-20(13-15-21)23(25)28/h8-11,16-17,20-21H,2-7,12-15H2,1H3,(H2,25,28). The lowest BCUT2D eigenvalue weighted by Crippen LogP contribution is -2.27. The number of nitrogens with two attached hydrogens (primary N) is 1. The highest BCUT2D eigenvalue weighted by molar-refractivity contribution is 5.76. The Kier molecular flexibility index (Phi) is 7.58. The van der Waals surface area contributed by atoms with Crippen LogP contribution in [0.1, 0.15) is 82.0 Å². The van der Waals surface area contributed by atoms with Crippen molar-refractivity contribution in [2.45, 2.75) is 77.0 Å². The molecule has 1 fully saturated rings. The van der Waals surface area contributed by atoms with Crippen LogP contribution >= 0.6 is 0 Å². The fourth-order valence-corrected chi connectivity index (χ4v) is 4.13. The van der Waals surface area contributed by atoms with Crippen molar-refractivity contribution in [1.82, 2.24) is 9.97 Å². The molecule has 150 valence electrons. The lowest BCUT2D eigenvalue weighted by Gasteiger charge is -2.25. The Hall–Kier alpha value is -2.23. The molecule has 4 nitrogen and oxygen atoms in total. The number of benzene rings is 1. The van der Waals surface area contributed by atoms with Crippen molar-refractivity contribution < 1.29 is 4.79 Å². The maximum absolute atomic E-state index is 11.3. The predicted octanol–water partition coefficient (Wildman–Crippen LogP) is 5.42. The Labute approximate surface area is 169 Å². The molecule has 28 heavy (non-hydrogen) atoms. The Morgan fingerprint density at radius 1 is 0.929 bits per heavy atom. The van der Waals surface area contributed by atoms with Crippen molar-refractivity contribution in [2.24, 2.45) is 11.7 Å². The van der Waals surface area contributed by atoms with E-state index in [-0.39, 0.29) is 11.8 Å². The maximum Gasteiger partial charge on any atom is 0.220 e. The molecule has 1 aliphatic rings. The third-order valence-electron chi connectivity index (χ3n) is 6.02. The van der Waals surface area contributed by atoms with E-state index >= 15 is 0 Å². The van der Waals surface area contributed by atoms with Crippen LogP contribution in [0.25, 0.3) is 11.1 Å². The number of amides is 1. The fraction of sp³-hybridized carbons (Fsp3) is 0.542. The van der Waals surface area contributed by atoms with E-state index in [9.17, 15) is 4.79 Å². The first-order valence-electron chi connectivity index (χ1n) is 10.9. The van der Waals surface area contributed by atoms with E-state index < -0.39 is 0 Å². The summed E-state index contributed by atoms with van der Waals surface area (Å²) in [5, 5.41) is 0. The third kappa shape index (κ3) is 5.63. The highest BCUT2D eigenvalue weighted by atomic mass is 16.1. The van der Waals surface area contributed by atoms with Crippen molar-refractivity contribution in [3.05, 3.63) is 48.0 Å². The molecular formula is C24H33N3O. The molecule has 1 aromatic heterocycles. The van der Waals surface area contributed by atoms with Gasteiger partial charge in [-0.2, -0.15) is 0 Å². The van der Waals surface area contributed by atoms with Crippen LogP contribution in [0, 0.1) is 5.92 Å². The minimum Gasteiger partial charge on any atom is -0.369 e. The average Bonchev–Trinajstić information content (AvgIpc) is 2.74. The van der Waals surface area contributed by atoms with Crippen molar-refractivity contribution in [1.29, 1.82) is 0 Å². The van der Waals surface area contributed by atoms with Gasteiger partial charge < -0.3 is 5.73 Å². The van der Waals surface area contributed by atoms with E-state index in [0.29, 0.717) is 5.92 Å². The second-order valence-corrected chi connectivity index (χ2v) is 8.14. The molecule has 3 rings (SSSR count). The third-order valence-corrected chi connectivity index (χ3v) is 6.02. The Bertz CT molecular complexity index is 731. The van der Waals surface area contributed by atoms with Gasteiger partial charge in [-0.3, -0.25) is 4.79 Å². The second-order valence-electron chi connectivity index (χ2n) is 8.14. The SMILES string of the molecule is CCCCCCCc1ccc(-c2cnc(C3CCC(C(N)=O)CC3)nc2)cc1. The predicted molar refractivity (Wildman–Crippen MR) is 114 cm³/mol. The molecule has 4 heteroatoms. The van der Waals surface area contributed by atoms with Crippen LogP contribution in [-0.4, -0.2) is 15.9 Å². The van der Waals surface area contributed by atoms with E-state index in [0.717, 1.165) is 43.5 Å². The van der Waals surface area contributed by atoms with Crippen molar-refractivity contribution in [3.8, 4) is 11.1 Å². The van der Waals surface area contributed by atoms with Gasteiger partial charge in [0.05, 0.1) is 0 Å². The molecule has 1 amide bonds. The largest absolute Gasteiger partial charge is 0.369 e. The molecule has 1 heterocycles. The van der Waals surface area contributed by atoms with Crippen LogP contribution < -0.4 is 5.73 Å². The van der Waals surface area contributed by atoms with Gasteiger partial charge in [-0.25, -0.2) is 9.97 Å². The van der Waals surface area contributed by atoms with E-state index in [1.54, 1.807) is 0 Å². The summed E-state index contributed by atoms with van der Waals surface area (Å²) in [5.74, 6) is 1.11. The fourth-order valence-electron chi connectivity index (χ4n) is 4.13. The number of nitrogens with zero attached hydrogens (tertiary/aromatic N) is 2. The summed E-state index contributed by atoms with van der Waals surface area (Å²) in [4.78, 5) is 20.6. The molecular weight excluding hydrogens is 346 g/mol. The topological polar surface area (TPSA) is 68.9 Å². The lowest BCUT2D eigenvalue weighted by molar-refractivity contribution is -0.122. The number of aromatic nitrogens is 2. The average molecular weight is 380 g/mol. The molecule has 1 aliphatic carbocycles. The number of unbranched alkanes of at least 4 members (excludes halogenated alkanes) is 4. The van der Waals surface area contributed by atoms with Gasteiger partial charge in [0.25, 0.3) is 0 Å². The first kappa shape index (κ1) is 20.5. The summed E-state index contributed by atoms with van der Waals surface area (Å²) in [7, 11) is 0. The molecule has 0 spiro atoms. The van der Waals surface area contributed by atoms with Gasteiger partial charge in [0, 0.05) is 29.8 Å². The molecule has 1 saturated carbocycles. The second kappa shape index (κ2) is 10.4. The van der Waals surface area contributed by atoms with Crippen LogP contribution in [0.5, 0.6) is 0 Å². The number of rotatable bonds is 9. The number of aryl methyl sites for hydroxylation is 1. The van der Waals surface area contributed by atoms with Crippen molar-refractivity contribution in [2.75, 3.05) is 0 Å². The highest BCUT2D eigenvalue weighted by Crippen LogP contribution is 2.34. The number of primary amides is 1. The molecule has 0 unspecified atom stereocenters. The molecule has 0 aliphatic heterocycles. The van der Waals surface area contributed by atoms with Crippen LogP contribution in [0.4, 0.5) is 0 Å². The number of hydrogen-bond donors (Lipinski definition) is 1. The molecule has 0 atom stereocenters. The number of hydrogen-bond acceptors (Lipinski definition) is 3. The van der Waals surface area contributed by atoms with E-state index in [2.05, 4.69) is 41.2 Å². The Balaban J connectivity index is 1.53. The summed E-state index contributed by atoms with van der Waals surface area (Å²) < 4.78 is 0. The van der Waals surface area contributed by atoms with Gasteiger partial charge in [-0.1, -0.05) is 56.9 Å². The van der Waals surface area contributed by atoms with Gasteiger partial charge in [-0.15, -0.1) is 0 Å². The van der Waals surface area contributed by atoms with Crippen LogP contribution in [0.2, 0.25) is 0 Å². The highest BCUT2D eigenvalue weighted by Gasteiger charge is 2.26. The van der Waals surface area contributed by atoms with E-state index in [4.69, 9.17) is 5.73 Å². The zero-order valence-corrected chi connectivity index (χ0v) is 17.1. The normalized spacial score (nSPS) is 19.5. The molecule has 1 aromatic carbocycles. The summed E-state index contributed by atoms with van der Waals surface area (Å²) in [6, 6.07) is 8.82. The van der Waals surface area contributed by atoms with Crippen molar-refractivity contribution in [3.63, 3.8) is 0 Å². The summed E-state index contributed by atoms with van der Waals surface area (Å²) >= 11 is 0. The summed E-state index contributed by atoms with van der Waals surface area (Å²) in [6.07, 6.45) is 15.2. The quantitative estimate of drug-likeness (QED) is 0.592. The lowest BCUT2D eigenvalue weighted by atomic mass is 9.81. The monoisotopic (exact) mass is 379 g/mol. The summed E-state index contributed by atoms with van der Waals surface area (Å²) in [5.41, 5.74) is 9.05. The van der Waals surface area contributed by atoms with Gasteiger partial charge in [0.1, 0.15) is 5.82 Å². The number of carbonyl (C=O) groups is 1. The Morgan fingerprint density at radius 3 is 2.18 bits per heavy atom. The van der Waals surface area contributed by atoms with Gasteiger partial charge in [0.15, 0.2) is 0 Å². The van der Waals surface area contributed by atoms with Gasteiger partial charge >= 0.3 is 0 Å². The van der Waals surface area contributed by atoms with E-state index in [1.165, 1.54) is 43.2 Å². The molecule has 0 saturated heterocycles. The van der Waals surface area contributed by atoms with Gasteiger partial charge in [-0.05, 0) is 49.7 Å². The molecule has 2 aromatic rings. The minimum absolute atomic E-state index is 0.0284. The number of carbonyl (C=O) groups excluding carboxylic acids is 1. The van der Waals surface area contributed by atoms with Gasteiger partial charge in [0.2, 0.25) is 5.91 Å². The zero-order valence-electron chi connectivity index (χ0n) is 17.1. The first-order valence-corrected chi connectivity index (χ1v) is 10.9. The molecule has 2 N–H and O–H groups in total. The summed E-state index contributed by atoms with van der Waals surface area (Å²) in [6.45, 7) is 2.25. The first-order chi connectivity index (χ1) is 13.7. The maximum atomic E-state index is 11.3. The smallest absolute Gasteiger partial charge is 0.220 e. The van der Waals surface area contributed by atoms with Crippen molar-refractivity contribution >= 4 is 5.91 Å². The Morgan fingerprint density at radius 2 is 1.57 bits per heavy atom.